The first-order valence-electron chi connectivity index (χ1n) is 8.49. The van der Waals surface area contributed by atoms with Gasteiger partial charge in [-0.2, -0.15) is 0 Å². The molecular formula is C20H17ClN4O2S. The van der Waals surface area contributed by atoms with Crippen LogP contribution in [-0.4, -0.2) is 35.8 Å². The van der Waals surface area contributed by atoms with E-state index in [1.165, 1.54) is 15.7 Å². The molecule has 0 aliphatic heterocycles. The summed E-state index contributed by atoms with van der Waals surface area (Å²) in [7, 11) is 5.54. The molecule has 0 aliphatic rings. The Balaban J connectivity index is 1.86. The fraction of sp³-hybridized carbons (Fsp3) is 0.150. The lowest BCUT2D eigenvalue weighted by molar-refractivity contribution is 0.416. The van der Waals surface area contributed by atoms with Crippen molar-refractivity contribution in [1.82, 2.24) is 14.6 Å². The van der Waals surface area contributed by atoms with Gasteiger partial charge in [-0.3, -0.25) is 4.79 Å². The fourth-order valence-corrected chi connectivity index (χ4v) is 4.00. The van der Waals surface area contributed by atoms with Crippen LogP contribution in [-0.2, 0) is 0 Å². The van der Waals surface area contributed by atoms with Crippen LogP contribution in [0.15, 0.2) is 47.3 Å². The van der Waals surface area contributed by atoms with E-state index in [2.05, 4.69) is 10.2 Å². The summed E-state index contributed by atoms with van der Waals surface area (Å²) in [6, 6.07) is 13.2. The van der Waals surface area contributed by atoms with E-state index < -0.39 is 0 Å². The SMILES string of the molecule is COc1ccc(Cl)cc1-c1nnc2sc(=Cc3ccc(N(C)C)cc3)c(=O)n12. The number of benzene rings is 2. The zero-order valence-electron chi connectivity index (χ0n) is 15.5. The number of fused-ring (bicyclic) bond motifs is 1. The van der Waals surface area contributed by atoms with E-state index in [-0.39, 0.29) is 5.56 Å². The largest absolute Gasteiger partial charge is 0.496 e. The van der Waals surface area contributed by atoms with Crippen LogP contribution in [0, 0.1) is 0 Å². The average Bonchev–Trinajstić information content (AvgIpc) is 3.23. The van der Waals surface area contributed by atoms with Crippen LogP contribution < -0.4 is 19.7 Å². The number of rotatable bonds is 4. The molecule has 0 N–H and O–H groups in total. The first kappa shape index (κ1) is 18.5. The first-order valence-corrected chi connectivity index (χ1v) is 9.68. The highest BCUT2D eigenvalue weighted by molar-refractivity contribution is 7.15. The minimum atomic E-state index is -0.168. The van der Waals surface area contributed by atoms with E-state index >= 15 is 0 Å². The van der Waals surface area contributed by atoms with E-state index in [0.29, 0.717) is 31.7 Å². The van der Waals surface area contributed by atoms with Gasteiger partial charge in [0.15, 0.2) is 5.82 Å². The molecule has 0 radical (unpaired) electrons. The molecule has 2 heterocycles. The molecule has 0 fully saturated rings. The van der Waals surface area contributed by atoms with Gasteiger partial charge in [-0.15, -0.1) is 10.2 Å². The maximum absolute atomic E-state index is 13.0. The quantitative estimate of drug-likeness (QED) is 0.515. The summed E-state index contributed by atoms with van der Waals surface area (Å²) in [6.07, 6.45) is 1.86. The van der Waals surface area contributed by atoms with E-state index in [4.69, 9.17) is 16.3 Å². The molecule has 2 aromatic carbocycles. The molecule has 28 heavy (non-hydrogen) atoms. The van der Waals surface area contributed by atoms with Crippen LogP contribution in [0.25, 0.3) is 22.4 Å². The second-order valence-electron chi connectivity index (χ2n) is 6.39. The summed E-state index contributed by atoms with van der Waals surface area (Å²) in [5.41, 5.74) is 2.50. The Labute approximate surface area is 170 Å². The predicted octanol–water partition coefficient (Wildman–Crippen LogP) is 3.09. The molecule has 6 nitrogen and oxygen atoms in total. The maximum atomic E-state index is 13.0. The molecule has 4 aromatic rings. The van der Waals surface area contributed by atoms with Gasteiger partial charge >= 0.3 is 0 Å². The van der Waals surface area contributed by atoms with Crippen LogP contribution in [0.5, 0.6) is 5.75 Å². The number of ether oxygens (including phenoxy) is 1. The fourth-order valence-electron chi connectivity index (χ4n) is 2.91. The standard InChI is InChI=1S/C20H17ClN4O2S/c1-24(2)14-7-4-12(5-8-14)10-17-19(26)25-18(22-23-20(25)28-17)15-11-13(21)6-9-16(15)27-3/h4-11H,1-3H3. The topological polar surface area (TPSA) is 59.7 Å². The molecule has 0 spiro atoms. The lowest BCUT2D eigenvalue weighted by atomic mass is 10.2. The Morgan fingerprint density at radius 3 is 2.57 bits per heavy atom. The van der Waals surface area contributed by atoms with E-state index in [9.17, 15) is 4.79 Å². The van der Waals surface area contributed by atoms with Crippen LogP contribution in [0.1, 0.15) is 5.56 Å². The third-order valence-electron chi connectivity index (χ3n) is 4.36. The Kier molecular flexibility index (Phi) is 4.78. The van der Waals surface area contributed by atoms with Crippen LogP contribution in [0.3, 0.4) is 0 Å². The molecule has 142 valence electrons. The minimum Gasteiger partial charge on any atom is -0.496 e. The summed E-state index contributed by atoms with van der Waals surface area (Å²) in [5, 5.41) is 8.88. The second-order valence-corrected chi connectivity index (χ2v) is 7.83. The average molecular weight is 413 g/mol. The number of anilines is 1. The van der Waals surface area contributed by atoms with Crippen molar-refractivity contribution in [2.45, 2.75) is 0 Å². The lowest BCUT2D eigenvalue weighted by Gasteiger charge is -2.11. The first-order chi connectivity index (χ1) is 13.5. The van der Waals surface area contributed by atoms with Gasteiger partial charge in [0.2, 0.25) is 4.96 Å². The van der Waals surface area contributed by atoms with Crippen molar-refractivity contribution in [2.75, 3.05) is 26.1 Å². The second kappa shape index (κ2) is 7.26. The van der Waals surface area contributed by atoms with Crippen LogP contribution in [0.2, 0.25) is 5.02 Å². The van der Waals surface area contributed by atoms with Crippen LogP contribution in [0.4, 0.5) is 5.69 Å². The van der Waals surface area contributed by atoms with Crippen molar-refractivity contribution in [3.63, 3.8) is 0 Å². The highest BCUT2D eigenvalue weighted by atomic mass is 35.5. The normalized spacial score (nSPS) is 11.9. The van der Waals surface area contributed by atoms with Gasteiger partial charge in [0.25, 0.3) is 5.56 Å². The number of aromatic nitrogens is 3. The number of nitrogens with zero attached hydrogens (tertiary/aromatic N) is 4. The number of methoxy groups -OCH3 is 1. The molecule has 0 unspecified atom stereocenters. The maximum Gasteiger partial charge on any atom is 0.276 e. The summed E-state index contributed by atoms with van der Waals surface area (Å²) < 4.78 is 7.48. The van der Waals surface area contributed by atoms with Gasteiger partial charge in [0.05, 0.1) is 17.2 Å². The van der Waals surface area contributed by atoms with Crippen molar-refractivity contribution >= 4 is 39.7 Å². The lowest BCUT2D eigenvalue weighted by Crippen LogP contribution is -2.23. The number of thiazole rings is 1. The number of hydrogen-bond acceptors (Lipinski definition) is 6. The van der Waals surface area contributed by atoms with Crippen molar-refractivity contribution in [3.05, 3.63) is 67.9 Å². The molecule has 4 rings (SSSR count). The molecule has 0 saturated carbocycles. The summed E-state index contributed by atoms with van der Waals surface area (Å²) >= 11 is 7.43. The number of halogens is 1. The molecule has 0 atom stereocenters. The third kappa shape index (κ3) is 3.23. The Hall–Kier alpha value is -2.90. The molecule has 0 saturated heterocycles. The van der Waals surface area contributed by atoms with Crippen molar-refractivity contribution in [3.8, 4) is 17.1 Å². The molecule has 0 aliphatic carbocycles. The smallest absolute Gasteiger partial charge is 0.276 e. The monoisotopic (exact) mass is 412 g/mol. The van der Waals surface area contributed by atoms with Crippen molar-refractivity contribution < 1.29 is 4.74 Å². The van der Waals surface area contributed by atoms with Gasteiger partial charge in [-0.25, -0.2) is 4.40 Å². The van der Waals surface area contributed by atoms with Gasteiger partial charge < -0.3 is 9.64 Å². The summed E-state index contributed by atoms with van der Waals surface area (Å²) in [4.78, 5) is 15.6. The molecule has 0 bridgehead atoms. The molecular weight excluding hydrogens is 396 g/mol. The van der Waals surface area contributed by atoms with Crippen molar-refractivity contribution in [1.29, 1.82) is 0 Å². The highest BCUT2D eigenvalue weighted by Gasteiger charge is 2.18. The van der Waals surface area contributed by atoms with Gasteiger partial charge in [-0.05, 0) is 42.0 Å². The van der Waals surface area contributed by atoms with E-state index in [1.54, 1.807) is 25.3 Å². The Morgan fingerprint density at radius 2 is 1.89 bits per heavy atom. The van der Waals surface area contributed by atoms with Crippen molar-refractivity contribution in [2.24, 2.45) is 0 Å². The zero-order valence-corrected chi connectivity index (χ0v) is 17.1. The van der Waals surface area contributed by atoms with E-state index in [1.807, 2.05) is 49.3 Å². The Bertz CT molecular complexity index is 1260. The molecule has 2 aromatic heterocycles. The highest BCUT2D eigenvalue weighted by Crippen LogP contribution is 2.31. The van der Waals surface area contributed by atoms with Crippen LogP contribution >= 0.6 is 22.9 Å². The Morgan fingerprint density at radius 1 is 1.14 bits per heavy atom. The number of hydrogen-bond donors (Lipinski definition) is 0. The molecule has 8 heteroatoms. The van der Waals surface area contributed by atoms with Gasteiger partial charge in [0.1, 0.15) is 5.75 Å². The van der Waals surface area contributed by atoms with Gasteiger partial charge in [-0.1, -0.05) is 35.1 Å². The zero-order chi connectivity index (χ0) is 19.8. The minimum absolute atomic E-state index is 0.168. The summed E-state index contributed by atoms with van der Waals surface area (Å²) in [5.74, 6) is 0.993. The van der Waals surface area contributed by atoms with Gasteiger partial charge in [0, 0.05) is 24.8 Å². The van der Waals surface area contributed by atoms with E-state index in [0.717, 1.165) is 11.3 Å². The molecule has 0 amide bonds. The predicted molar refractivity (Wildman–Crippen MR) is 114 cm³/mol. The summed E-state index contributed by atoms with van der Waals surface area (Å²) in [6.45, 7) is 0. The third-order valence-corrected chi connectivity index (χ3v) is 5.55.